The number of nitrogens with zero attached hydrogens (tertiary/aromatic N) is 3. The van der Waals surface area contributed by atoms with Crippen LogP contribution in [0.3, 0.4) is 0 Å². The number of piperidine rings is 1. The maximum atomic E-state index is 13.0. The Kier molecular flexibility index (Phi) is 5.64. The fourth-order valence-corrected chi connectivity index (χ4v) is 4.25. The zero-order chi connectivity index (χ0) is 23.0. The maximum Gasteiger partial charge on any atom is 0.274 e. The zero-order valence-corrected chi connectivity index (χ0v) is 17.8. The first-order chi connectivity index (χ1) is 15.2. The van der Waals surface area contributed by atoms with E-state index in [-0.39, 0.29) is 35.2 Å². The van der Waals surface area contributed by atoms with E-state index >= 15 is 0 Å². The van der Waals surface area contributed by atoms with Crippen LogP contribution in [0.2, 0.25) is 0 Å². The Morgan fingerprint density at radius 1 is 1.31 bits per heavy atom. The van der Waals surface area contributed by atoms with Crippen LogP contribution in [0.15, 0.2) is 23.0 Å². The molecule has 0 bridgehead atoms. The van der Waals surface area contributed by atoms with E-state index in [9.17, 15) is 24.5 Å². The monoisotopic (exact) mass is 440 g/mol. The number of rotatable bonds is 4. The van der Waals surface area contributed by atoms with Crippen LogP contribution in [0.1, 0.15) is 49.7 Å². The summed E-state index contributed by atoms with van der Waals surface area (Å²) >= 11 is 0. The Balaban J connectivity index is 1.65. The number of fused-ring (bicyclic) bond motifs is 1. The van der Waals surface area contributed by atoms with Crippen LogP contribution in [0.25, 0.3) is 0 Å². The van der Waals surface area contributed by atoms with Gasteiger partial charge in [0.05, 0.1) is 16.4 Å². The van der Waals surface area contributed by atoms with E-state index in [4.69, 9.17) is 0 Å². The normalized spacial score (nSPS) is 20.3. The van der Waals surface area contributed by atoms with Gasteiger partial charge in [0.15, 0.2) is 0 Å². The van der Waals surface area contributed by atoms with Gasteiger partial charge in [-0.25, -0.2) is 0 Å². The van der Waals surface area contributed by atoms with Crippen molar-refractivity contribution in [2.45, 2.75) is 51.5 Å². The Morgan fingerprint density at radius 3 is 2.81 bits per heavy atom. The van der Waals surface area contributed by atoms with Crippen LogP contribution >= 0.6 is 0 Å². The number of nitro benzene ring substituents is 1. The lowest BCUT2D eigenvalue weighted by Crippen LogP contribution is -2.42. The van der Waals surface area contributed by atoms with E-state index in [0.29, 0.717) is 11.5 Å². The van der Waals surface area contributed by atoms with Crippen LogP contribution in [0.4, 0.5) is 23.1 Å². The number of nitrogens with one attached hydrogen (secondary N) is 3. The molecule has 2 aromatic rings. The van der Waals surface area contributed by atoms with Gasteiger partial charge in [-0.15, -0.1) is 0 Å². The first-order valence-corrected chi connectivity index (χ1v) is 10.5. The number of carbonyl (C=O) groups is 2. The topological polar surface area (TPSA) is 150 Å². The predicted octanol–water partition coefficient (Wildman–Crippen LogP) is 2.43. The predicted molar refractivity (Wildman–Crippen MR) is 118 cm³/mol. The lowest BCUT2D eigenvalue weighted by molar-refractivity contribution is -0.385. The molecule has 0 aliphatic carbocycles. The average Bonchev–Trinajstić information content (AvgIpc) is 2.74. The number of amides is 2. The van der Waals surface area contributed by atoms with E-state index in [1.165, 1.54) is 18.2 Å². The van der Waals surface area contributed by atoms with Crippen molar-refractivity contribution >= 4 is 35.0 Å². The largest absolute Gasteiger partial charge is 0.340 e. The highest BCUT2D eigenvalue weighted by atomic mass is 16.6. The summed E-state index contributed by atoms with van der Waals surface area (Å²) < 4.78 is 0. The van der Waals surface area contributed by atoms with Crippen molar-refractivity contribution in [3.63, 3.8) is 0 Å². The number of anilines is 3. The summed E-state index contributed by atoms with van der Waals surface area (Å²) in [5, 5.41) is 16.4. The third kappa shape index (κ3) is 4.05. The summed E-state index contributed by atoms with van der Waals surface area (Å²) in [6.07, 6.45) is 2.83. The van der Waals surface area contributed by atoms with E-state index < -0.39 is 28.2 Å². The molecular weight excluding hydrogens is 416 g/mol. The summed E-state index contributed by atoms with van der Waals surface area (Å²) in [5.74, 6) is -1.65. The summed E-state index contributed by atoms with van der Waals surface area (Å²) in [6, 6.07) is 4.50. The van der Waals surface area contributed by atoms with Crippen molar-refractivity contribution in [3.05, 3.63) is 49.8 Å². The van der Waals surface area contributed by atoms with Gasteiger partial charge in [0.2, 0.25) is 17.8 Å². The van der Waals surface area contributed by atoms with Gasteiger partial charge in [0.1, 0.15) is 5.82 Å². The molecule has 0 radical (unpaired) electrons. The molecule has 4 rings (SSSR count). The number of aromatic amines is 1. The second-order valence-electron chi connectivity index (χ2n) is 8.24. The number of hydrogen-bond donors (Lipinski definition) is 3. The Bertz CT molecular complexity index is 1160. The average molecular weight is 440 g/mol. The summed E-state index contributed by atoms with van der Waals surface area (Å²) in [6.45, 7) is 4.39. The minimum atomic E-state index is -1.07. The molecule has 1 saturated heterocycles. The van der Waals surface area contributed by atoms with E-state index in [1.807, 2.05) is 11.8 Å². The SMILES string of the molecule is Cc1ccc(NC(=O)[C@@H]2CC(=O)Nc3nc(N4CCCC[C@H]4C)[nH]c(=O)c32)cc1[N+](=O)[O-]. The maximum absolute atomic E-state index is 13.0. The highest BCUT2D eigenvalue weighted by molar-refractivity contribution is 6.04. The highest BCUT2D eigenvalue weighted by Crippen LogP contribution is 2.32. The highest BCUT2D eigenvalue weighted by Gasteiger charge is 2.35. The molecule has 1 aromatic heterocycles. The molecule has 168 valence electrons. The minimum absolute atomic E-state index is 0.0767. The Morgan fingerprint density at radius 2 is 2.09 bits per heavy atom. The lowest BCUT2D eigenvalue weighted by Gasteiger charge is -2.34. The quantitative estimate of drug-likeness (QED) is 0.488. The summed E-state index contributed by atoms with van der Waals surface area (Å²) in [7, 11) is 0. The molecule has 3 heterocycles. The third-order valence-corrected chi connectivity index (χ3v) is 6.00. The van der Waals surface area contributed by atoms with Crippen molar-refractivity contribution in [1.29, 1.82) is 0 Å². The van der Waals surface area contributed by atoms with Gasteiger partial charge >= 0.3 is 0 Å². The van der Waals surface area contributed by atoms with Crippen molar-refractivity contribution < 1.29 is 14.5 Å². The molecule has 1 aromatic carbocycles. The molecule has 32 heavy (non-hydrogen) atoms. The van der Waals surface area contributed by atoms with Crippen LogP contribution in [0.5, 0.6) is 0 Å². The molecular formula is C21H24N6O5. The van der Waals surface area contributed by atoms with Crippen molar-refractivity contribution in [2.24, 2.45) is 0 Å². The number of benzene rings is 1. The fraction of sp³-hybridized carbons (Fsp3) is 0.429. The molecule has 0 unspecified atom stereocenters. The summed E-state index contributed by atoms with van der Waals surface area (Å²) in [5.41, 5.74) is 0.123. The molecule has 3 N–H and O–H groups in total. The van der Waals surface area contributed by atoms with E-state index in [2.05, 4.69) is 20.6 Å². The van der Waals surface area contributed by atoms with Crippen molar-refractivity contribution in [3.8, 4) is 0 Å². The van der Waals surface area contributed by atoms with Gasteiger partial charge in [-0.05, 0) is 39.2 Å². The molecule has 2 atom stereocenters. The lowest BCUT2D eigenvalue weighted by atomic mass is 9.92. The van der Waals surface area contributed by atoms with Gasteiger partial charge < -0.3 is 15.5 Å². The van der Waals surface area contributed by atoms with Crippen molar-refractivity contribution in [1.82, 2.24) is 9.97 Å². The number of nitro groups is 1. The zero-order valence-electron chi connectivity index (χ0n) is 17.8. The molecule has 11 heteroatoms. The molecule has 2 aliphatic rings. The standard InChI is InChI=1S/C21H24N6O5/c1-11-6-7-13(9-15(11)27(31)32)22-19(29)14-10-16(28)23-18-17(14)20(30)25-21(24-18)26-8-4-3-5-12(26)2/h6-7,9,12,14H,3-5,8,10H2,1-2H3,(H,22,29)(H2,23,24,25,28,30)/t12-,14-/m1/s1. The van der Waals surface area contributed by atoms with Gasteiger partial charge in [0.25, 0.3) is 11.2 Å². The molecule has 2 aliphatic heterocycles. The molecule has 0 saturated carbocycles. The van der Waals surface area contributed by atoms with Crippen LogP contribution in [-0.4, -0.2) is 39.3 Å². The van der Waals surface area contributed by atoms with Gasteiger partial charge in [-0.1, -0.05) is 6.07 Å². The first kappa shape index (κ1) is 21.5. The summed E-state index contributed by atoms with van der Waals surface area (Å²) in [4.78, 5) is 58.1. The van der Waals surface area contributed by atoms with Crippen LogP contribution in [0, 0.1) is 17.0 Å². The van der Waals surface area contributed by atoms with Crippen molar-refractivity contribution in [2.75, 3.05) is 22.1 Å². The number of aromatic nitrogens is 2. The number of carbonyl (C=O) groups excluding carboxylic acids is 2. The molecule has 11 nitrogen and oxygen atoms in total. The molecule has 2 amide bonds. The van der Waals surface area contributed by atoms with Gasteiger partial charge in [-0.3, -0.25) is 29.5 Å². The van der Waals surface area contributed by atoms with Gasteiger partial charge in [0, 0.05) is 36.3 Å². The molecule has 1 fully saturated rings. The number of aryl methyl sites for hydroxylation is 1. The van der Waals surface area contributed by atoms with E-state index in [1.54, 1.807) is 6.92 Å². The minimum Gasteiger partial charge on any atom is -0.340 e. The van der Waals surface area contributed by atoms with Crippen LogP contribution in [-0.2, 0) is 9.59 Å². The third-order valence-electron chi connectivity index (χ3n) is 6.00. The second kappa shape index (κ2) is 8.40. The molecule has 0 spiro atoms. The smallest absolute Gasteiger partial charge is 0.274 e. The fourth-order valence-electron chi connectivity index (χ4n) is 4.25. The Hall–Kier alpha value is -3.76. The first-order valence-electron chi connectivity index (χ1n) is 10.5. The number of hydrogen-bond acceptors (Lipinski definition) is 7. The van der Waals surface area contributed by atoms with Crippen LogP contribution < -0.4 is 21.1 Å². The number of H-pyrrole nitrogens is 1. The van der Waals surface area contributed by atoms with Gasteiger partial charge in [-0.2, -0.15) is 4.98 Å². The second-order valence-corrected chi connectivity index (χ2v) is 8.24. The van der Waals surface area contributed by atoms with E-state index in [0.717, 1.165) is 25.8 Å². The Labute approximate surface area is 183 Å².